The van der Waals surface area contributed by atoms with Gasteiger partial charge in [0.25, 0.3) is 0 Å². The maximum atomic E-state index is 9.17. The third-order valence-electron chi connectivity index (χ3n) is 5.15. The standard InChI is InChI=1S/C22H20N8OS/c23-13-14-2-1-3-16(12-14)24-19-18-20(28-29-21(18)32)27-22(26-19)25-15-4-6-17(7-5-15)30-8-10-31-11-9-30/h1-7,12H,8-11H2,(H4,24,25,26,27,28,29,32). The lowest BCUT2D eigenvalue weighted by Crippen LogP contribution is -2.36. The van der Waals surface area contributed by atoms with Gasteiger partial charge in [0.2, 0.25) is 5.95 Å². The number of H-pyrrole nitrogens is 1. The number of anilines is 5. The lowest BCUT2D eigenvalue weighted by molar-refractivity contribution is 0.122. The van der Waals surface area contributed by atoms with Crippen molar-refractivity contribution < 1.29 is 4.74 Å². The fourth-order valence-electron chi connectivity index (χ4n) is 3.57. The zero-order valence-corrected chi connectivity index (χ0v) is 17.9. The number of hydrogen-bond acceptors (Lipinski definition) is 9. The number of fused-ring (bicyclic) bond motifs is 1. The number of nitriles is 1. The molecule has 4 aromatic rings. The van der Waals surface area contributed by atoms with Crippen LogP contribution in [-0.2, 0) is 4.74 Å². The molecule has 0 saturated carbocycles. The van der Waals surface area contributed by atoms with Gasteiger partial charge in [0, 0.05) is 30.2 Å². The topological polar surface area (TPSA) is 115 Å². The SMILES string of the molecule is N#Cc1cccc(Nc2nc(Nc3ccc(N4CCOCC4)cc3)nc3[nH]nc(S)c23)c1. The van der Waals surface area contributed by atoms with Crippen LogP contribution in [0.1, 0.15) is 5.56 Å². The van der Waals surface area contributed by atoms with Crippen molar-refractivity contribution in [2.75, 3.05) is 41.8 Å². The molecule has 1 saturated heterocycles. The van der Waals surface area contributed by atoms with Gasteiger partial charge in [-0.2, -0.15) is 20.3 Å². The van der Waals surface area contributed by atoms with Crippen LogP contribution in [0.4, 0.5) is 28.8 Å². The van der Waals surface area contributed by atoms with E-state index in [1.165, 1.54) is 0 Å². The van der Waals surface area contributed by atoms with Crippen molar-refractivity contribution in [2.24, 2.45) is 0 Å². The molecule has 9 nitrogen and oxygen atoms in total. The maximum Gasteiger partial charge on any atom is 0.231 e. The van der Waals surface area contributed by atoms with E-state index in [2.05, 4.69) is 66.5 Å². The van der Waals surface area contributed by atoms with Crippen LogP contribution in [0.3, 0.4) is 0 Å². The highest BCUT2D eigenvalue weighted by molar-refractivity contribution is 7.80. The fourth-order valence-corrected chi connectivity index (χ4v) is 3.83. The van der Waals surface area contributed by atoms with E-state index in [4.69, 9.17) is 4.74 Å². The first-order chi connectivity index (χ1) is 15.7. The van der Waals surface area contributed by atoms with E-state index >= 15 is 0 Å². The first kappa shape index (κ1) is 20.1. The van der Waals surface area contributed by atoms with E-state index in [-0.39, 0.29) is 0 Å². The Labute approximate surface area is 189 Å². The van der Waals surface area contributed by atoms with Crippen molar-refractivity contribution in [3.05, 3.63) is 54.1 Å². The number of benzene rings is 2. The molecule has 1 aliphatic heterocycles. The molecular weight excluding hydrogens is 424 g/mol. The Morgan fingerprint density at radius 3 is 2.62 bits per heavy atom. The van der Waals surface area contributed by atoms with Gasteiger partial charge in [0.05, 0.1) is 30.2 Å². The average molecular weight is 445 g/mol. The normalized spacial score (nSPS) is 13.7. The number of nitrogens with zero attached hydrogens (tertiary/aromatic N) is 5. The molecule has 1 aliphatic rings. The summed E-state index contributed by atoms with van der Waals surface area (Å²) in [5, 5.41) is 23.9. The highest BCUT2D eigenvalue weighted by Gasteiger charge is 2.15. The summed E-state index contributed by atoms with van der Waals surface area (Å²) in [7, 11) is 0. The highest BCUT2D eigenvalue weighted by Crippen LogP contribution is 2.30. The van der Waals surface area contributed by atoms with Gasteiger partial charge < -0.3 is 20.3 Å². The van der Waals surface area contributed by atoms with Crippen molar-refractivity contribution in [3.8, 4) is 6.07 Å². The quantitative estimate of drug-likeness (QED) is 0.343. The minimum absolute atomic E-state index is 0.410. The third-order valence-corrected chi connectivity index (χ3v) is 5.48. The predicted molar refractivity (Wildman–Crippen MR) is 126 cm³/mol. The molecule has 0 atom stereocenters. The van der Waals surface area contributed by atoms with E-state index in [0.29, 0.717) is 33.4 Å². The van der Waals surface area contributed by atoms with Crippen LogP contribution < -0.4 is 15.5 Å². The monoisotopic (exact) mass is 444 g/mol. The summed E-state index contributed by atoms with van der Waals surface area (Å²) in [6.45, 7) is 3.28. The largest absolute Gasteiger partial charge is 0.378 e. The molecule has 3 N–H and O–H groups in total. The third kappa shape index (κ3) is 4.16. The first-order valence-corrected chi connectivity index (χ1v) is 10.6. The zero-order valence-electron chi connectivity index (χ0n) is 17.0. The van der Waals surface area contributed by atoms with Crippen LogP contribution in [-0.4, -0.2) is 46.5 Å². The second kappa shape index (κ2) is 8.74. The maximum absolute atomic E-state index is 9.17. The number of hydrogen-bond donors (Lipinski definition) is 4. The first-order valence-electron chi connectivity index (χ1n) is 10.1. The van der Waals surface area contributed by atoms with Gasteiger partial charge in [0.1, 0.15) is 10.8 Å². The molecule has 0 radical (unpaired) electrons. The van der Waals surface area contributed by atoms with Crippen molar-refractivity contribution >= 4 is 52.5 Å². The van der Waals surface area contributed by atoms with Crippen molar-refractivity contribution in [2.45, 2.75) is 5.03 Å². The van der Waals surface area contributed by atoms with Crippen LogP contribution in [0.2, 0.25) is 0 Å². The molecule has 2 aromatic carbocycles. The lowest BCUT2D eigenvalue weighted by Gasteiger charge is -2.28. The van der Waals surface area contributed by atoms with Crippen molar-refractivity contribution in [1.82, 2.24) is 20.2 Å². The van der Waals surface area contributed by atoms with E-state index in [0.717, 1.165) is 43.4 Å². The molecule has 0 unspecified atom stereocenters. The Morgan fingerprint density at radius 1 is 1.03 bits per heavy atom. The summed E-state index contributed by atoms with van der Waals surface area (Å²) in [5.74, 6) is 0.948. The molecule has 0 aliphatic carbocycles. The van der Waals surface area contributed by atoms with Gasteiger partial charge in [0.15, 0.2) is 5.65 Å². The Hall–Kier alpha value is -3.81. The van der Waals surface area contributed by atoms with Gasteiger partial charge in [-0.3, -0.25) is 5.10 Å². The number of rotatable bonds is 5. The summed E-state index contributed by atoms with van der Waals surface area (Å²) in [6, 6.07) is 17.5. The number of thiol groups is 1. The molecule has 0 bridgehead atoms. The van der Waals surface area contributed by atoms with Crippen molar-refractivity contribution in [1.29, 1.82) is 5.26 Å². The van der Waals surface area contributed by atoms with Crippen LogP contribution in [0, 0.1) is 11.3 Å². The molecule has 5 rings (SSSR count). The minimum Gasteiger partial charge on any atom is -0.378 e. The van der Waals surface area contributed by atoms with Gasteiger partial charge in [-0.1, -0.05) is 6.07 Å². The molecule has 1 fully saturated rings. The van der Waals surface area contributed by atoms with Gasteiger partial charge in [-0.15, -0.1) is 12.6 Å². The summed E-state index contributed by atoms with van der Waals surface area (Å²) < 4.78 is 5.42. The molecule has 0 spiro atoms. The van der Waals surface area contributed by atoms with E-state index < -0.39 is 0 Å². The number of morpholine rings is 1. The Bertz CT molecular complexity index is 1290. The van der Waals surface area contributed by atoms with E-state index in [1.807, 2.05) is 24.3 Å². The summed E-state index contributed by atoms with van der Waals surface area (Å²) in [6.07, 6.45) is 0. The lowest BCUT2D eigenvalue weighted by atomic mass is 10.2. The molecular formula is C22H20N8OS. The summed E-state index contributed by atoms with van der Waals surface area (Å²) in [5.41, 5.74) is 3.86. The molecule has 2 aromatic heterocycles. The number of ether oxygens (including phenoxy) is 1. The van der Waals surface area contributed by atoms with Crippen LogP contribution in [0.5, 0.6) is 0 Å². The number of aromatic nitrogens is 4. The van der Waals surface area contributed by atoms with E-state index in [1.54, 1.807) is 12.1 Å². The molecule has 10 heteroatoms. The van der Waals surface area contributed by atoms with Gasteiger partial charge in [-0.05, 0) is 42.5 Å². The Kier molecular flexibility index (Phi) is 5.49. The highest BCUT2D eigenvalue weighted by atomic mass is 32.1. The fraction of sp³-hybridized carbons (Fsp3) is 0.182. The molecule has 32 heavy (non-hydrogen) atoms. The Morgan fingerprint density at radius 2 is 1.84 bits per heavy atom. The van der Waals surface area contributed by atoms with Gasteiger partial charge >= 0.3 is 0 Å². The second-order valence-electron chi connectivity index (χ2n) is 7.26. The van der Waals surface area contributed by atoms with Crippen LogP contribution in [0.25, 0.3) is 11.0 Å². The van der Waals surface area contributed by atoms with Crippen molar-refractivity contribution in [3.63, 3.8) is 0 Å². The predicted octanol–water partition coefficient (Wildman–Crippen LogP) is 3.84. The molecule has 160 valence electrons. The van der Waals surface area contributed by atoms with Gasteiger partial charge in [-0.25, -0.2) is 0 Å². The smallest absolute Gasteiger partial charge is 0.231 e. The summed E-state index contributed by atoms with van der Waals surface area (Å²) in [4.78, 5) is 11.5. The molecule has 0 amide bonds. The minimum atomic E-state index is 0.410. The molecule has 3 heterocycles. The summed E-state index contributed by atoms with van der Waals surface area (Å²) >= 11 is 4.42. The Balaban J connectivity index is 1.42. The zero-order chi connectivity index (χ0) is 21.9. The second-order valence-corrected chi connectivity index (χ2v) is 7.68. The number of nitrogens with one attached hydrogen (secondary N) is 3. The average Bonchev–Trinajstić information content (AvgIpc) is 3.21. The van der Waals surface area contributed by atoms with Crippen LogP contribution >= 0.6 is 12.6 Å². The number of aromatic amines is 1. The van der Waals surface area contributed by atoms with E-state index in [9.17, 15) is 5.26 Å². The van der Waals surface area contributed by atoms with Crippen LogP contribution in [0.15, 0.2) is 53.6 Å².